The topological polar surface area (TPSA) is 12.0 Å². The minimum absolute atomic E-state index is 0.422. The van der Waals surface area contributed by atoms with Crippen LogP contribution in [-0.4, -0.2) is 12.6 Å². The third-order valence-electron chi connectivity index (χ3n) is 5.51. The van der Waals surface area contributed by atoms with Crippen molar-refractivity contribution in [1.82, 2.24) is 5.32 Å². The molecule has 2 aliphatic rings. The van der Waals surface area contributed by atoms with Gasteiger partial charge in [0.25, 0.3) is 0 Å². The molecule has 0 aliphatic heterocycles. The van der Waals surface area contributed by atoms with Gasteiger partial charge in [-0.3, -0.25) is 0 Å². The summed E-state index contributed by atoms with van der Waals surface area (Å²) in [6.07, 6.45) is 13.8. The third-order valence-corrected chi connectivity index (χ3v) is 5.51. The van der Waals surface area contributed by atoms with Crippen molar-refractivity contribution in [1.29, 1.82) is 0 Å². The molecule has 1 heteroatoms. The van der Waals surface area contributed by atoms with Crippen LogP contribution in [0, 0.1) is 0 Å². The number of fused-ring (bicyclic) bond motifs is 1. The molecule has 1 aromatic rings. The van der Waals surface area contributed by atoms with Crippen LogP contribution in [0.5, 0.6) is 0 Å². The van der Waals surface area contributed by atoms with E-state index in [4.69, 9.17) is 0 Å². The van der Waals surface area contributed by atoms with Crippen LogP contribution in [0.3, 0.4) is 0 Å². The molecule has 1 nitrogen and oxygen atoms in total. The zero-order chi connectivity index (χ0) is 14.5. The Kier molecular flexibility index (Phi) is 5.00. The molecule has 1 aromatic carbocycles. The quantitative estimate of drug-likeness (QED) is 0.664. The molecule has 1 unspecified atom stereocenters. The summed E-state index contributed by atoms with van der Waals surface area (Å²) in [6, 6.07) is 10.1. The predicted octanol–water partition coefficient (Wildman–Crippen LogP) is 4.98. The van der Waals surface area contributed by atoms with E-state index < -0.39 is 0 Å². The third kappa shape index (κ3) is 3.69. The summed E-state index contributed by atoms with van der Waals surface area (Å²) >= 11 is 0. The van der Waals surface area contributed by atoms with Gasteiger partial charge in [-0.1, -0.05) is 56.9 Å². The molecule has 116 valence electrons. The SMILES string of the molecule is CCCCCCC1(CNC2CC2)CCCc2ccccc21. The van der Waals surface area contributed by atoms with Gasteiger partial charge >= 0.3 is 0 Å². The average Bonchev–Trinajstić information content (AvgIpc) is 3.34. The fraction of sp³-hybridized carbons (Fsp3) is 0.700. The van der Waals surface area contributed by atoms with Gasteiger partial charge in [-0.05, 0) is 49.7 Å². The van der Waals surface area contributed by atoms with Crippen LogP contribution in [0.2, 0.25) is 0 Å². The first-order chi connectivity index (χ1) is 10.3. The molecule has 1 fully saturated rings. The van der Waals surface area contributed by atoms with Gasteiger partial charge in [0.2, 0.25) is 0 Å². The van der Waals surface area contributed by atoms with Gasteiger partial charge in [0, 0.05) is 18.0 Å². The van der Waals surface area contributed by atoms with Crippen LogP contribution in [0.1, 0.15) is 75.8 Å². The molecule has 0 bridgehead atoms. The van der Waals surface area contributed by atoms with Gasteiger partial charge in [-0.15, -0.1) is 0 Å². The highest BCUT2D eigenvalue weighted by atomic mass is 15.0. The van der Waals surface area contributed by atoms with Crippen LogP contribution in [-0.2, 0) is 11.8 Å². The van der Waals surface area contributed by atoms with Gasteiger partial charge in [0.1, 0.15) is 0 Å². The Labute approximate surface area is 130 Å². The molecule has 3 rings (SSSR count). The molecule has 21 heavy (non-hydrogen) atoms. The van der Waals surface area contributed by atoms with Crippen LogP contribution >= 0.6 is 0 Å². The van der Waals surface area contributed by atoms with Crippen LogP contribution in [0.25, 0.3) is 0 Å². The summed E-state index contributed by atoms with van der Waals surface area (Å²) in [5, 5.41) is 3.85. The molecular formula is C20H31N. The lowest BCUT2D eigenvalue weighted by Gasteiger charge is -2.40. The first-order valence-electron chi connectivity index (χ1n) is 9.16. The van der Waals surface area contributed by atoms with E-state index in [0.29, 0.717) is 5.41 Å². The fourth-order valence-electron chi connectivity index (χ4n) is 4.06. The second kappa shape index (κ2) is 6.96. The Bertz CT molecular complexity index is 449. The highest BCUT2D eigenvalue weighted by Gasteiger charge is 2.37. The lowest BCUT2D eigenvalue weighted by atomic mass is 9.67. The zero-order valence-corrected chi connectivity index (χ0v) is 13.7. The summed E-state index contributed by atoms with van der Waals surface area (Å²) in [5.41, 5.74) is 3.71. The monoisotopic (exact) mass is 285 g/mol. The Morgan fingerprint density at radius 2 is 2.00 bits per heavy atom. The summed E-state index contributed by atoms with van der Waals surface area (Å²) < 4.78 is 0. The molecule has 0 radical (unpaired) electrons. The van der Waals surface area contributed by atoms with Crippen molar-refractivity contribution in [2.45, 2.75) is 82.6 Å². The maximum Gasteiger partial charge on any atom is 0.00807 e. The largest absolute Gasteiger partial charge is 0.313 e. The molecule has 0 spiro atoms. The van der Waals surface area contributed by atoms with Gasteiger partial charge in [-0.2, -0.15) is 0 Å². The number of unbranched alkanes of at least 4 members (excludes halogenated alkanes) is 3. The van der Waals surface area contributed by atoms with Crippen molar-refractivity contribution in [2.75, 3.05) is 6.54 Å². The van der Waals surface area contributed by atoms with Crippen LogP contribution in [0.15, 0.2) is 24.3 Å². The number of benzene rings is 1. The average molecular weight is 285 g/mol. The minimum atomic E-state index is 0.422. The van der Waals surface area contributed by atoms with Crippen molar-refractivity contribution in [2.24, 2.45) is 0 Å². The van der Waals surface area contributed by atoms with Gasteiger partial charge in [0.05, 0.1) is 0 Å². The lowest BCUT2D eigenvalue weighted by molar-refractivity contribution is 0.304. The predicted molar refractivity (Wildman–Crippen MR) is 90.8 cm³/mol. The molecule has 2 aliphatic carbocycles. The van der Waals surface area contributed by atoms with E-state index in [1.165, 1.54) is 70.8 Å². The first-order valence-corrected chi connectivity index (χ1v) is 9.16. The summed E-state index contributed by atoms with van der Waals surface area (Å²) in [4.78, 5) is 0. The van der Waals surface area contributed by atoms with Crippen LogP contribution < -0.4 is 5.32 Å². The summed E-state index contributed by atoms with van der Waals surface area (Å²) in [7, 11) is 0. The maximum absolute atomic E-state index is 3.85. The summed E-state index contributed by atoms with van der Waals surface area (Å²) in [5.74, 6) is 0. The number of rotatable bonds is 8. The molecule has 0 amide bonds. The molecule has 0 heterocycles. The van der Waals surface area contributed by atoms with E-state index in [1.54, 1.807) is 11.1 Å². The highest BCUT2D eigenvalue weighted by Crippen LogP contribution is 2.41. The van der Waals surface area contributed by atoms with Gasteiger partial charge in [0.15, 0.2) is 0 Å². The van der Waals surface area contributed by atoms with E-state index in [-0.39, 0.29) is 0 Å². The van der Waals surface area contributed by atoms with E-state index in [9.17, 15) is 0 Å². The van der Waals surface area contributed by atoms with E-state index >= 15 is 0 Å². The second-order valence-electron chi connectivity index (χ2n) is 7.26. The molecule has 0 aromatic heterocycles. The number of nitrogens with one attached hydrogen (secondary N) is 1. The van der Waals surface area contributed by atoms with Crippen molar-refractivity contribution in [3.63, 3.8) is 0 Å². The first kappa shape index (κ1) is 15.1. The van der Waals surface area contributed by atoms with Gasteiger partial charge < -0.3 is 5.32 Å². The zero-order valence-electron chi connectivity index (χ0n) is 13.7. The smallest absolute Gasteiger partial charge is 0.00807 e. The molecule has 0 saturated heterocycles. The van der Waals surface area contributed by atoms with E-state index in [2.05, 4.69) is 36.5 Å². The number of hydrogen-bond donors (Lipinski definition) is 1. The highest BCUT2D eigenvalue weighted by molar-refractivity contribution is 5.37. The van der Waals surface area contributed by atoms with E-state index in [0.717, 1.165) is 6.04 Å². The minimum Gasteiger partial charge on any atom is -0.313 e. The molecular weight excluding hydrogens is 254 g/mol. The second-order valence-corrected chi connectivity index (χ2v) is 7.26. The van der Waals surface area contributed by atoms with Crippen molar-refractivity contribution < 1.29 is 0 Å². The van der Waals surface area contributed by atoms with Crippen molar-refractivity contribution >= 4 is 0 Å². The Balaban J connectivity index is 1.74. The van der Waals surface area contributed by atoms with E-state index in [1.807, 2.05) is 0 Å². The van der Waals surface area contributed by atoms with Crippen LogP contribution in [0.4, 0.5) is 0 Å². The Hall–Kier alpha value is -0.820. The summed E-state index contributed by atoms with van der Waals surface area (Å²) in [6.45, 7) is 3.52. The molecule has 1 atom stereocenters. The maximum atomic E-state index is 3.85. The van der Waals surface area contributed by atoms with Gasteiger partial charge in [-0.25, -0.2) is 0 Å². The Morgan fingerprint density at radius 3 is 2.81 bits per heavy atom. The Morgan fingerprint density at radius 1 is 1.14 bits per heavy atom. The fourth-order valence-corrected chi connectivity index (χ4v) is 4.06. The van der Waals surface area contributed by atoms with Crippen molar-refractivity contribution in [3.8, 4) is 0 Å². The molecule has 1 saturated carbocycles. The lowest BCUT2D eigenvalue weighted by Crippen LogP contribution is -2.41. The number of hydrogen-bond acceptors (Lipinski definition) is 1. The standard InChI is InChI=1S/C20H31N/c1-2-3-4-7-14-20(16-21-18-12-13-18)15-8-10-17-9-5-6-11-19(17)20/h5-6,9,11,18,21H,2-4,7-8,10,12-16H2,1H3. The number of aryl methyl sites for hydroxylation is 1. The van der Waals surface area contributed by atoms with Crippen molar-refractivity contribution in [3.05, 3.63) is 35.4 Å². The normalized spacial score (nSPS) is 24.8. The molecule has 1 N–H and O–H groups in total.